The Morgan fingerprint density at radius 1 is 1.12 bits per heavy atom. The summed E-state index contributed by atoms with van der Waals surface area (Å²) >= 11 is 0. The molecule has 0 radical (unpaired) electrons. The molecule has 6 heteroatoms. The number of hydrogen-bond donors (Lipinski definition) is 1. The van der Waals surface area contributed by atoms with Crippen LogP contribution in [0.1, 0.15) is 31.1 Å². The summed E-state index contributed by atoms with van der Waals surface area (Å²) in [5, 5.41) is 3.06. The van der Waals surface area contributed by atoms with Crippen LogP contribution in [-0.4, -0.2) is 74.7 Å². The Hall–Kier alpha value is -1.79. The van der Waals surface area contributed by atoms with Crippen LogP contribution in [0.4, 0.5) is 0 Å². The van der Waals surface area contributed by atoms with E-state index in [0.29, 0.717) is 23.6 Å². The molecule has 140 valence electrons. The van der Waals surface area contributed by atoms with Crippen molar-refractivity contribution in [3.63, 3.8) is 0 Å². The lowest BCUT2D eigenvalue weighted by molar-refractivity contribution is 0.0520. The van der Waals surface area contributed by atoms with E-state index in [1.807, 2.05) is 6.07 Å². The van der Waals surface area contributed by atoms with Crippen molar-refractivity contribution in [2.24, 2.45) is 0 Å². The summed E-state index contributed by atoms with van der Waals surface area (Å²) in [6.07, 6.45) is 0. The average molecular weight is 349 g/mol. The topological polar surface area (TPSA) is 54.0 Å². The van der Waals surface area contributed by atoms with Gasteiger partial charge in [0.2, 0.25) is 0 Å². The Balaban J connectivity index is 2.02. The fourth-order valence-corrected chi connectivity index (χ4v) is 3.24. The second-order valence-corrected chi connectivity index (χ2v) is 6.95. The number of benzene rings is 1. The molecule has 1 aromatic carbocycles. The number of hydrogen-bond acceptors (Lipinski definition) is 5. The summed E-state index contributed by atoms with van der Waals surface area (Å²) in [6.45, 7) is 12.4. The van der Waals surface area contributed by atoms with Crippen LogP contribution >= 0.6 is 0 Å². The molecule has 0 atom stereocenters. The fourth-order valence-electron chi connectivity index (χ4n) is 3.24. The van der Waals surface area contributed by atoms with Gasteiger partial charge < -0.3 is 19.7 Å². The summed E-state index contributed by atoms with van der Waals surface area (Å²) in [6, 6.07) is 5.35. The van der Waals surface area contributed by atoms with Gasteiger partial charge in [-0.05, 0) is 32.5 Å². The molecule has 0 spiro atoms. The molecule has 0 saturated carbocycles. The SMILES string of the molecule is CCN1CCN(C(C)(C)CNC(=O)c2c(OC)cccc2OC)CC1. The van der Waals surface area contributed by atoms with Gasteiger partial charge >= 0.3 is 0 Å². The quantitative estimate of drug-likeness (QED) is 0.814. The molecule has 0 unspecified atom stereocenters. The minimum Gasteiger partial charge on any atom is -0.496 e. The van der Waals surface area contributed by atoms with Crippen LogP contribution in [0.3, 0.4) is 0 Å². The van der Waals surface area contributed by atoms with Gasteiger partial charge in [0.1, 0.15) is 17.1 Å². The van der Waals surface area contributed by atoms with E-state index in [4.69, 9.17) is 9.47 Å². The van der Waals surface area contributed by atoms with E-state index in [2.05, 4.69) is 35.9 Å². The molecular formula is C19H31N3O3. The normalized spacial score (nSPS) is 16.5. The van der Waals surface area contributed by atoms with Gasteiger partial charge in [-0.2, -0.15) is 0 Å². The van der Waals surface area contributed by atoms with Crippen LogP contribution in [-0.2, 0) is 0 Å². The number of carbonyl (C=O) groups is 1. The van der Waals surface area contributed by atoms with E-state index < -0.39 is 0 Å². The maximum absolute atomic E-state index is 12.7. The van der Waals surface area contributed by atoms with E-state index in [-0.39, 0.29) is 11.4 Å². The largest absolute Gasteiger partial charge is 0.496 e. The third-order valence-corrected chi connectivity index (χ3v) is 5.01. The summed E-state index contributed by atoms with van der Waals surface area (Å²) < 4.78 is 10.6. The molecule has 0 aliphatic carbocycles. The molecule has 1 amide bonds. The van der Waals surface area contributed by atoms with Crippen molar-refractivity contribution in [1.82, 2.24) is 15.1 Å². The highest BCUT2D eigenvalue weighted by molar-refractivity contribution is 5.99. The van der Waals surface area contributed by atoms with Gasteiger partial charge in [-0.25, -0.2) is 0 Å². The number of carbonyl (C=O) groups excluding carboxylic acids is 1. The first kappa shape index (κ1) is 19.5. The average Bonchev–Trinajstić information content (AvgIpc) is 2.65. The minimum atomic E-state index is -0.172. The summed E-state index contributed by atoms with van der Waals surface area (Å²) in [5.74, 6) is 0.868. The smallest absolute Gasteiger partial charge is 0.258 e. The van der Waals surface area contributed by atoms with E-state index in [0.717, 1.165) is 32.7 Å². The number of methoxy groups -OCH3 is 2. The summed E-state index contributed by atoms with van der Waals surface area (Å²) in [5.41, 5.74) is 0.337. The number of nitrogens with zero attached hydrogens (tertiary/aromatic N) is 2. The summed E-state index contributed by atoms with van der Waals surface area (Å²) in [4.78, 5) is 17.6. The van der Waals surface area contributed by atoms with Crippen molar-refractivity contribution in [2.45, 2.75) is 26.3 Å². The lowest BCUT2D eigenvalue weighted by Crippen LogP contribution is -2.58. The van der Waals surface area contributed by atoms with E-state index in [1.165, 1.54) is 0 Å². The van der Waals surface area contributed by atoms with E-state index >= 15 is 0 Å². The van der Waals surface area contributed by atoms with Crippen molar-refractivity contribution in [3.8, 4) is 11.5 Å². The van der Waals surface area contributed by atoms with Gasteiger partial charge in [0.15, 0.2) is 0 Å². The highest BCUT2D eigenvalue weighted by Crippen LogP contribution is 2.28. The third kappa shape index (κ3) is 4.64. The van der Waals surface area contributed by atoms with Crippen molar-refractivity contribution in [3.05, 3.63) is 23.8 Å². The number of amides is 1. The molecule has 0 aromatic heterocycles. The van der Waals surface area contributed by atoms with Gasteiger partial charge in [0.25, 0.3) is 5.91 Å². The molecule has 1 N–H and O–H groups in total. The Kier molecular flexibility index (Phi) is 6.67. The van der Waals surface area contributed by atoms with Gasteiger partial charge in [0.05, 0.1) is 14.2 Å². The Morgan fingerprint density at radius 2 is 1.68 bits per heavy atom. The molecule has 1 aromatic rings. The predicted octanol–water partition coefficient (Wildman–Crippen LogP) is 1.85. The standard InChI is InChI=1S/C19H31N3O3/c1-6-21-10-12-22(13-11-21)19(2,3)14-20-18(23)17-15(24-4)8-7-9-16(17)25-5/h7-9H,6,10-14H2,1-5H3,(H,20,23). The minimum absolute atomic E-state index is 0.106. The first-order chi connectivity index (χ1) is 11.9. The molecule has 1 saturated heterocycles. The zero-order valence-electron chi connectivity index (χ0n) is 16.1. The van der Waals surface area contributed by atoms with Gasteiger partial charge in [0, 0.05) is 38.3 Å². The molecule has 1 aliphatic rings. The summed E-state index contributed by atoms with van der Waals surface area (Å²) in [7, 11) is 3.12. The maximum atomic E-state index is 12.7. The van der Waals surface area contributed by atoms with Crippen LogP contribution in [0.15, 0.2) is 18.2 Å². The molecule has 25 heavy (non-hydrogen) atoms. The first-order valence-electron chi connectivity index (χ1n) is 8.89. The van der Waals surface area contributed by atoms with Gasteiger partial charge in [-0.1, -0.05) is 13.0 Å². The van der Waals surface area contributed by atoms with Crippen LogP contribution in [0, 0.1) is 0 Å². The Morgan fingerprint density at radius 3 is 2.16 bits per heavy atom. The number of rotatable bonds is 7. The number of piperazine rings is 1. The highest BCUT2D eigenvalue weighted by Gasteiger charge is 2.30. The lowest BCUT2D eigenvalue weighted by atomic mass is 10.0. The molecule has 1 heterocycles. The highest BCUT2D eigenvalue weighted by atomic mass is 16.5. The lowest BCUT2D eigenvalue weighted by Gasteiger charge is -2.44. The van der Waals surface area contributed by atoms with Crippen molar-refractivity contribution in [1.29, 1.82) is 0 Å². The van der Waals surface area contributed by atoms with Crippen LogP contribution in [0.25, 0.3) is 0 Å². The molecular weight excluding hydrogens is 318 g/mol. The number of ether oxygens (including phenoxy) is 2. The molecule has 0 bridgehead atoms. The second-order valence-electron chi connectivity index (χ2n) is 6.95. The molecule has 6 nitrogen and oxygen atoms in total. The van der Waals surface area contributed by atoms with Gasteiger partial charge in [-0.15, -0.1) is 0 Å². The van der Waals surface area contributed by atoms with Crippen molar-refractivity contribution in [2.75, 3.05) is 53.5 Å². The monoisotopic (exact) mass is 349 g/mol. The third-order valence-electron chi connectivity index (χ3n) is 5.01. The predicted molar refractivity (Wildman–Crippen MR) is 99.6 cm³/mol. The molecule has 2 rings (SSSR count). The first-order valence-corrected chi connectivity index (χ1v) is 8.89. The molecule has 1 fully saturated rings. The Bertz CT molecular complexity index is 559. The van der Waals surface area contributed by atoms with Crippen LogP contribution < -0.4 is 14.8 Å². The van der Waals surface area contributed by atoms with Gasteiger partial charge in [-0.3, -0.25) is 9.69 Å². The number of nitrogens with one attached hydrogen (secondary N) is 1. The van der Waals surface area contributed by atoms with Crippen LogP contribution in [0.2, 0.25) is 0 Å². The zero-order chi connectivity index (χ0) is 18.4. The second kappa shape index (κ2) is 8.54. The number of likely N-dealkylation sites (N-methyl/N-ethyl adjacent to an activating group) is 1. The van der Waals surface area contributed by atoms with Crippen molar-refractivity contribution < 1.29 is 14.3 Å². The van der Waals surface area contributed by atoms with Crippen molar-refractivity contribution >= 4 is 5.91 Å². The zero-order valence-corrected chi connectivity index (χ0v) is 16.1. The van der Waals surface area contributed by atoms with E-state index in [1.54, 1.807) is 26.4 Å². The van der Waals surface area contributed by atoms with Crippen LogP contribution in [0.5, 0.6) is 11.5 Å². The van der Waals surface area contributed by atoms with E-state index in [9.17, 15) is 4.79 Å². The molecule has 1 aliphatic heterocycles. The fraction of sp³-hybridized carbons (Fsp3) is 0.632. The Labute approximate surface area is 151 Å². The maximum Gasteiger partial charge on any atom is 0.258 e.